The van der Waals surface area contributed by atoms with E-state index >= 15 is 0 Å². The molecule has 0 radical (unpaired) electrons. The molecule has 2 aliphatic heterocycles. The third-order valence-corrected chi connectivity index (χ3v) is 3.95. The molecule has 2 aliphatic rings. The molecule has 6 nitrogen and oxygen atoms in total. The second-order valence-corrected chi connectivity index (χ2v) is 5.41. The number of anilines is 1. The molecule has 21 heavy (non-hydrogen) atoms. The first kappa shape index (κ1) is 13.9. The Hall–Kier alpha value is -2.08. The number of carboxylic acid groups (broad SMARTS) is 1. The molecule has 1 unspecified atom stereocenters. The molecule has 1 saturated heterocycles. The van der Waals surface area contributed by atoms with Gasteiger partial charge in [0.1, 0.15) is 0 Å². The van der Waals surface area contributed by atoms with Crippen LogP contribution in [-0.4, -0.2) is 42.9 Å². The van der Waals surface area contributed by atoms with Crippen molar-refractivity contribution in [3.05, 3.63) is 29.3 Å². The van der Waals surface area contributed by atoms with Crippen LogP contribution in [0.1, 0.15) is 28.8 Å². The number of carbonyl (C=O) groups is 2. The first-order valence-electron chi connectivity index (χ1n) is 7.17. The Bertz CT molecular complexity index is 567. The SMILES string of the molecule is O=C(O)c1ccc2c(c1)CCCN2C(=O)NC1CCOC1. The lowest BCUT2D eigenvalue weighted by Gasteiger charge is -2.30. The van der Waals surface area contributed by atoms with E-state index in [4.69, 9.17) is 9.84 Å². The average Bonchev–Trinajstić information content (AvgIpc) is 2.98. The summed E-state index contributed by atoms with van der Waals surface area (Å²) in [5.41, 5.74) is 1.99. The van der Waals surface area contributed by atoms with E-state index in [2.05, 4.69) is 5.32 Å². The minimum absolute atomic E-state index is 0.0705. The van der Waals surface area contributed by atoms with E-state index in [0.29, 0.717) is 19.8 Å². The summed E-state index contributed by atoms with van der Waals surface area (Å²) >= 11 is 0. The first-order chi connectivity index (χ1) is 10.1. The Morgan fingerprint density at radius 1 is 1.38 bits per heavy atom. The lowest BCUT2D eigenvalue weighted by atomic mass is 9.99. The van der Waals surface area contributed by atoms with Gasteiger partial charge in [-0.3, -0.25) is 4.90 Å². The minimum Gasteiger partial charge on any atom is -0.478 e. The lowest BCUT2D eigenvalue weighted by Crippen LogP contribution is -2.47. The molecule has 6 heteroatoms. The number of urea groups is 1. The van der Waals surface area contributed by atoms with Crippen molar-refractivity contribution in [2.24, 2.45) is 0 Å². The highest BCUT2D eigenvalue weighted by molar-refractivity contribution is 5.95. The molecule has 0 aromatic heterocycles. The van der Waals surface area contributed by atoms with Gasteiger partial charge < -0.3 is 15.2 Å². The zero-order chi connectivity index (χ0) is 14.8. The van der Waals surface area contributed by atoms with E-state index in [1.807, 2.05) is 0 Å². The van der Waals surface area contributed by atoms with Gasteiger partial charge in [0.2, 0.25) is 0 Å². The molecule has 2 amide bonds. The summed E-state index contributed by atoms with van der Waals surface area (Å²) in [6.45, 7) is 1.90. The molecular formula is C15H18N2O4. The van der Waals surface area contributed by atoms with Crippen LogP contribution in [0.2, 0.25) is 0 Å². The number of rotatable bonds is 2. The fourth-order valence-electron chi connectivity index (χ4n) is 2.84. The standard InChI is InChI=1S/C15H18N2O4/c18-14(19)11-3-4-13-10(8-11)2-1-6-17(13)15(20)16-12-5-7-21-9-12/h3-4,8,12H,1-2,5-7,9H2,(H,16,20)(H,18,19). The molecule has 112 valence electrons. The van der Waals surface area contributed by atoms with Crippen LogP contribution in [0.15, 0.2) is 18.2 Å². The number of ether oxygens (including phenoxy) is 1. The highest BCUT2D eigenvalue weighted by Gasteiger charge is 2.26. The number of nitrogens with zero attached hydrogens (tertiary/aromatic N) is 1. The van der Waals surface area contributed by atoms with Crippen molar-refractivity contribution in [2.45, 2.75) is 25.3 Å². The van der Waals surface area contributed by atoms with Gasteiger partial charge in [-0.2, -0.15) is 0 Å². The summed E-state index contributed by atoms with van der Waals surface area (Å²) < 4.78 is 5.26. The van der Waals surface area contributed by atoms with Gasteiger partial charge >= 0.3 is 12.0 Å². The topological polar surface area (TPSA) is 78.9 Å². The predicted molar refractivity (Wildman–Crippen MR) is 76.8 cm³/mol. The van der Waals surface area contributed by atoms with Gasteiger partial charge in [-0.05, 0) is 43.0 Å². The summed E-state index contributed by atoms with van der Waals surface area (Å²) in [7, 11) is 0. The number of carbonyl (C=O) groups excluding carboxylic acids is 1. The third kappa shape index (κ3) is 2.85. The summed E-state index contributed by atoms with van der Waals surface area (Å²) in [6, 6.07) is 4.87. The molecule has 2 heterocycles. The van der Waals surface area contributed by atoms with Crippen molar-refractivity contribution < 1.29 is 19.4 Å². The molecule has 0 bridgehead atoms. The molecular weight excluding hydrogens is 272 g/mol. The number of carboxylic acids is 1. The molecule has 1 aromatic rings. The number of amides is 2. The van der Waals surface area contributed by atoms with E-state index in [0.717, 1.165) is 30.5 Å². The fourth-order valence-corrected chi connectivity index (χ4v) is 2.84. The van der Waals surface area contributed by atoms with E-state index < -0.39 is 5.97 Å². The maximum atomic E-state index is 12.4. The Morgan fingerprint density at radius 2 is 2.24 bits per heavy atom. The number of fused-ring (bicyclic) bond motifs is 1. The largest absolute Gasteiger partial charge is 0.478 e. The van der Waals surface area contributed by atoms with Crippen LogP contribution in [0.5, 0.6) is 0 Å². The molecule has 1 aromatic carbocycles. The zero-order valence-corrected chi connectivity index (χ0v) is 11.7. The maximum Gasteiger partial charge on any atom is 0.335 e. The summed E-state index contributed by atoms with van der Waals surface area (Å²) in [5, 5.41) is 12.0. The van der Waals surface area contributed by atoms with Gasteiger partial charge in [0.25, 0.3) is 0 Å². The zero-order valence-electron chi connectivity index (χ0n) is 11.7. The van der Waals surface area contributed by atoms with Crippen LogP contribution in [0.25, 0.3) is 0 Å². The summed E-state index contributed by atoms with van der Waals surface area (Å²) in [4.78, 5) is 25.1. The van der Waals surface area contributed by atoms with Crippen molar-refractivity contribution in [3.63, 3.8) is 0 Å². The average molecular weight is 290 g/mol. The highest BCUT2D eigenvalue weighted by atomic mass is 16.5. The Balaban J connectivity index is 1.79. The molecule has 2 N–H and O–H groups in total. The third-order valence-electron chi connectivity index (χ3n) is 3.95. The van der Waals surface area contributed by atoms with Crippen molar-refractivity contribution in [2.75, 3.05) is 24.7 Å². The second-order valence-electron chi connectivity index (χ2n) is 5.41. The molecule has 0 saturated carbocycles. The molecule has 1 fully saturated rings. The molecule has 3 rings (SSSR count). The predicted octanol–water partition coefficient (Wildman–Crippen LogP) is 1.64. The fraction of sp³-hybridized carbons (Fsp3) is 0.467. The van der Waals surface area contributed by atoms with Crippen molar-refractivity contribution in [1.82, 2.24) is 5.32 Å². The number of aryl methyl sites for hydroxylation is 1. The smallest absolute Gasteiger partial charge is 0.335 e. The van der Waals surface area contributed by atoms with Crippen LogP contribution in [0.3, 0.4) is 0 Å². The highest BCUT2D eigenvalue weighted by Crippen LogP contribution is 2.28. The lowest BCUT2D eigenvalue weighted by molar-refractivity contribution is 0.0696. The van der Waals surface area contributed by atoms with E-state index in [-0.39, 0.29) is 17.6 Å². The van der Waals surface area contributed by atoms with Crippen LogP contribution in [-0.2, 0) is 11.2 Å². The monoisotopic (exact) mass is 290 g/mol. The quantitative estimate of drug-likeness (QED) is 0.868. The number of hydrogen-bond acceptors (Lipinski definition) is 3. The van der Waals surface area contributed by atoms with Gasteiger partial charge in [-0.1, -0.05) is 0 Å². The van der Waals surface area contributed by atoms with Crippen molar-refractivity contribution in [3.8, 4) is 0 Å². The van der Waals surface area contributed by atoms with Crippen LogP contribution in [0.4, 0.5) is 10.5 Å². The van der Waals surface area contributed by atoms with Gasteiger partial charge in [-0.15, -0.1) is 0 Å². The molecule has 1 atom stereocenters. The Labute approximate surface area is 122 Å². The summed E-state index contributed by atoms with van der Waals surface area (Å²) in [5.74, 6) is -0.942. The number of nitrogens with one attached hydrogen (secondary N) is 1. The minimum atomic E-state index is -0.942. The van der Waals surface area contributed by atoms with Crippen LogP contribution >= 0.6 is 0 Å². The van der Waals surface area contributed by atoms with Crippen molar-refractivity contribution >= 4 is 17.7 Å². The van der Waals surface area contributed by atoms with Gasteiger partial charge in [-0.25, -0.2) is 9.59 Å². The van der Waals surface area contributed by atoms with Gasteiger partial charge in [0.15, 0.2) is 0 Å². The van der Waals surface area contributed by atoms with E-state index in [1.54, 1.807) is 23.1 Å². The second kappa shape index (κ2) is 5.73. The van der Waals surface area contributed by atoms with Crippen LogP contribution < -0.4 is 10.2 Å². The number of hydrogen-bond donors (Lipinski definition) is 2. The molecule has 0 spiro atoms. The number of benzene rings is 1. The first-order valence-corrected chi connectivity index (χ1v) is 7.17. The number of aromatic carboxylic acids is 1. The molecule has 0 aliphatic carbocycles. The van der Waals surface area contributed by atoms with Gasteiger partial charge in [0.05, 0.1) is 18.2 Å². The maximum absolute atomic E-state index is 12.4. The Kier molecular flexibility index (Phi) is 3.79. The van der Waals surface area contributed by atoms with Crippen molar-refractivity contribution in [1.29, 1.82) is 0 Å². The van der Waals surface area contributed by atoms with Crippen LogP contribution in [0, 0.1) is 0 Å². The summed E-state index contributed by atoms with van der Waals surface area (Å²) in [6.07, 6.45) is 2.47. The van der Waals surface area contributed by atoms with E-state index in [1.165, 1.54) is 0 Å². The Morgan fingerprint density at radius 3 is 2.95 bits per heavy atom. The van der Waals surface area contributed by atoms with Gasteiger partial charge in [0, 0.05) is 18.8 Å². The normalized spacial score (nSPS) is 21.0. The van der Waals surface area contributed by atoms with E-state index in [9.17, 15) is 9.59 Å².